The molecule has 0 aliphatic carbocycles. The lowest BCUT2D eigenvalue weighted by atomic mass is 10.4. The molecule has 1 N–H and O–H groups in total. The molecule has 0 aromatic heterocycles. The van der Waals surface area contributed by atoms with E-state index in [0.29, 0.717) is 0 Å². The van der Waals surface area contributed by atoms with E-state index in [9.17, 15) is 0 Å². The van der Waals surface area contributed by atoms with Gasteiger partial charge < -0.3 is 5.32 Å². The van der Waals surface area contributed by atoms with E-state index >= 15 is 0 Å². The third-order valence-electron chi connectivity index (χ3n) is 2.63. The Balaban J connectivity index is 1.66. The molecule has 15 heavy (non-hydrogen) atoms. The molecule has 1 aromatic rings. The quantitative estimate of drug-likeness (QED) is 0.780. The van der Waals surface area contributed by atoms with Crippen molar-refractivity contribution in [2.45, 2.75) is 4.90 Å². The summed E-state index contributed by atoms with van der Waals surface area (Å²) >= 11 is 1.95. The van der Waals surface area contributed by atoms with Gasteiger partial charge in [0.1, 0.15) is 0 Å². The number of hydrogen-bond donors (Lipinski definition) is 1. The summed E-state index contributed by atoms with van der Waals surface area (Å²) in [6.45, 7) is 5.91. The normalized spacial score (nSPS) is 17.9. The maximum atomic E-state index is 3.37. The zero-order chi connectivity index (χ0) is 10.3. The van der Waals surface area contributed by atoms with Gasteiger partial charge in [-0.1, -0.05) is 18.2 Å². The fourth-order valence-corrected chi connectivity index (χ4v) is 2.68. The molecule has 1 aromatic carbocycles. The van der Waals surface area contributed by atoms with Crippen LogP contribution < -0.4 is 5.32 Å². The first-order valence-electron chi connectivity index (χ1n) is 5.56. The number of hydrogen-bond acceptors (Lipinski definition) is 3. The third-order valence-corrected chi connectivity index (χ3v) is 3.62. The van der Waals surface area contributed by atoms with E-state index in [-0.39, 0.29) is 0 Å². The van der Waals surface area contributed by atoms with Crippen LogP contribution in [0.2, 0.25) is 0 Å². The predicted octanol–water partition coefficient (Wildman–Crippen LogP) is 1.68. The topological polar surface area (TPSA) is 15.3 Å². The van der Waals surface area contributed by atoms with E-state index in [2.05, 4.69) is 40.5 Å². The smallest absolute Gasteiger partial charge is 0.0108 e. The maximum absolute atomic E-state index is 3.37. The summed E-state index contributed by atoms with van der Waals surface area (Å²) in [6.07, 6.45) is 0. The number of rotatable bonds is 4. The molecule has 1 saturated heterocycles. The molecule has 0 atom stereocenters. The van der Waals surface area contributed by atoms with Gasteiger partial charge >= 0.3 is 0 Å². The largest absolute Gasteiger partial charge is 0.314 e. The lowest BCUT2D eigenvalue weighted by molar-refractivity contribution is 0.255. The average molecular weight is 222 g/mol. The number of thioether (sulfide) groups is 1. The SMILES string of the molecule is c1ccc(SCCN2CCNCC2)cc1. The van der Waals surface area contributed by atoms with Crippen LogP contribution in [-0.4, -0.2) is 43.4 Å². The van der Waals surface area contributed by atoms with Crippen molar-refractivity contribution in [1.29, 1.82) is 0 Å². The van der Waals surface area contributed by atoms with Crippen molar-refractivity contribution >= 4 is 11.8 Å². The van der Waals surface area contributed by atoms with E-state index in [4.69, 9.17) is 0 Å². The molecule has 0 bridgehead atoms. The Morgan fingerprint density at radius 3 is 2.60 bits per heavy atom. The Bertz CT molecular complexity index is 270. The highest BCUT2D eigenvalue weighted by Crippen LogP contribution is 2.16. The zero-order valence-corrected chi connectivity index (χ0v) is 9.80. The van der Waals surface area contributed by atoms with Crippen molar-refractivity contribution in [2.24, 2.45) is 0 Å². The zero-order valence-electron chi connectivity index (χ0n) is 8.98. The van der Waals surface area contributed by atoms with Crippen LogP contribution in [0.5, 0.6) is 0 Å². The van der Waals surface area contributed by atoms with Gasteiger partial charge in [-0.3, -0.25) is 4.90 Å². The molecule has 0 amide bonds. The monoisotopic (exact) mass is 222 g/mol. The van der Waals surface area contributed by atoms with E-state index in [1.54, 1.807) is 0 Å². The Morgan fingerprint density at radius 2 is 1.87 bits per heavy atom. The van der Waals surface area contributed by atoms with E-state index in [0.717, 1.165) is 13.1 Å². The minimum atomic E-state index is 1.15. The van der Waals surface area contributed by atoms with Crippen LogP contribution in [0, 0.1) is 0 Å². The van der Waals surface area contributed by atoms with Gasteiger partial charge in [0, 0.05) is 43.4 Å². The summed E-state index contributed by atoms with van der Waals surface area (Å²) in [7, 11) is 0. The second kappa shape index (κ2) is 6.16. The third kappa shape index (κ3) is 3.86. The van der Waals surface area contributed by atoms with Crippen molar-refractivity contribution in [3.63, 3.8) is 0 Å². The summed E-state index contributed by atoms with van der Waals surface area (Å²) in [4.78, 5) is 3.92. The molecule has 0 saturated carbocycles. The molecule has 2 rings (SSSR count). The highest BCUT2D eigenvalue weighted by atomic mass is 32.2. The fourth-order valence-electron chi connectivity index (χ4n) is 1.74. The summed E-state index contributed by atoms with van der Waals surface area (Å²) in [5.74, 6) is 1.20. The van der Waals surface area contributed by atoms with E-state index in [1.165, 1.54) is 30.3 Å². The first-order valence-corrected chi connectivity index (χ1v) is 6.54. The van der Waals surface area contributed by atoms with Crippen molar-refractivity contribution in [3.05, 3.63) is 30.3 Å². The number of piperazine rings is 1. The van der Waals surface area contributed by atoms with Crippen molar-refractivity contribution in [3.8, 4) is 0 Å². The van der Waals surface area contributed by atoms with Gasteiger partial charge in [-0.2, -0.15) is 0 Å². The molecule has 0 unspecified atom stereocenters. The minimum Gasteiger partial charge on any atom is -0.314 e. The molecule has 1 aliphatic heterocycles. The van der Waals surface area contributed by atoms with E-state index in [1.807, 2.05) is 11.8 Å². The predicted molar refractivity (Wildman–Crippen MR) is 66.5 cm³/mol. The number of nitrogens with one attached hydrogen (secondary N) is 1. The molecule has 1 aliphatic rings. The van der Waals surface area contributed by atoms with Gasteiger partial charge in [0.05, 0.1) is 0 Å². The number of benzene rings is 1. The van der Waals surface area contributed by atoms with Crippen LogP contribution in [0.15, 0.2) is 35.2 Å². The van der Waals surface area contributed by atoms with Gasteiger partial charge in [-0.15, -0.1) is 11.8 Å². The van der Waals surface area contributed by atoms with Crippen molar-refractivity contribution < 1.29 is 0 Å². The second-order valence-electron chi connectivity index (χ2n) is 3.75. The van der Waals surface area contributed by atoms with Crippen LogP contribution in [0.3, 0.4) is 0 Å². The van der Waals surface area contributed by atoms with E-state index < -0.39 is 0 Å². The lowest BCUT2D eigenvalue weighted by Crippen LogP contribution is -2.44. The molecule has 0 radical (unpaired) electrons. The maximum Gasteiger partial charge on any atom is 0.0108 e. The Morgan fingerprint density at radius 1 is 1.13 bits per heavy atom. The summed E-state index contributed by atoms with van der Waals surface area (Å²) in [5, 5.41) is 3.37. The second-order valence-corrected chi connectivity index (χ2v) is 4.92. The molecular weight excluding hydrogens is 204 g/mol. The highest BCUT2D eigenvalue weighted by molar-refractivity contribution is 7.99. The minimum absolute atomic E-state index is 1.15. The molecule has 1 fully saturated rings. The Hall–Kier alpha value is -0.510. The van der Waals surface area contributed by atoms with Crippen LogP contribution in [0.4, 0.5) is 0 Å². The molecular formula is C12H18N2S. The number of nitrogens with zero attached hydrogens (tertiary/aromatic N) is 1. The van der Waals surface area contributed by atoms with Crippen molar-refractivity contribution in [1.82, 2.24) is 10.2 Å². The van der Waals surface area contributed by atoms with Gasteiger partial charge in [-0.05, 0) is 12.1 Å². The van der Waals surface area contributed by atoms with Crippen LogP contribution in [-0.2, 0) is 0 Å². The Kier molecular flexibility index (Phi) is 4.51. The highest BCUT2D eigenvalue weighted by Gasteiger charge is 2.08. The molecule has 0 spiro atoms. The van der Waals surface area contributed by atoms with Gasteiger partial charge in [-0.25, -0.2) is 0 Å². The average Bonchev–Trinajstić information content (AvgIpc) is 2.32. The van der Waals surface area contributed by atoms with Gasteiger partial charge in [0.25, 0.3) is 0 Å². The molecule has 3 heteroatoms. The first-order chi connectivity index (χ1) is 7.45. The van der Waals surface area contributed by atoms with Crippen LogP contribution >= 0.6 is 11.8 Å². The van der Waals surface area contributed by atoms with Gasteiger partial charge in [0.15, 0.2) is 0 Å². The summed E-state index contributed by atoms with van der Waals surface area (Å²) < 4.78 is 0. The summed E-state index contributed by atoms with van der Waals surface area (Å²) in [5.41, 5.74) is 0. The first kappa shape index (κ1) is 11.0. The lowest BCUT2D eigenvalue weighted by Gasteiger charge is -2.26. The fraction of sp³-hybridized carbons (Fsp3) is 0.500. The van der Waals surface area contributed by atoms with Gasteiger partial charge in [0.2, 0.25) is 0 Å². The van der Waals surface area contributed by atoms with Crippen molar-refractivity contribution in [2.75, 3.05) is 38.5 Å². The molecule has 2 nitrogen and oxygen atoms in total. The molecule has 1 heterocycles. The van der Waals surface area contributed by atoms with Crippen LogP contribution in [0.1, 0.15) is 0 Å². The summed E-state index contributed by atoms with van der Waals surface area (Å²) in [6, 6.07) is 10.6. The molecule has 82 valence electrons. The Labute approximate surface area is 96.0 Å². The van der Waals surface area contributed by atoms with Crippen LogP contribution in [0.25, 0.3) is 0 Å². The standard InChI is InChI=1S/C12H18N2S/c1-2-4-12(5-3-1)15-11-10-14-8-6-13-7-9-14/h1-5,13H,6-11H2.